The van der Waals surface area contributed by atoms with Crippen molar-refractivity contribution in [1.82, 2.24) is 4.98 Å². The zero-order valence-electron chi connectivity index (χ0n) is 6.51. The van der Waals surface area contributed by atoms with Crippen molar-refractivity contribution in [3.8, 4) is 0 Å². The molecule has 0 amide bonds. The number of anilines is 1. The van der Waals surface area contributed by atoms with Crippen molar-refractivity contribution >= 4 is 17.2 Å². The van der Waals surface area contributed by atoms with E-state index in [0.29, 0.717) is 5.82 Å². The molecule has 10 heavy (non-hydrogen) atoms. The summed E-state index contributed by atoms with van der Waals surface area (Å²) in [5, 5.41) is 2.98. The Morgan fingerprint density at radius 1 is 1.50 bits per heavy atom. The van der Waals surface area contributed by atoms with Crippen molar-refractivity contribution in [2.24, 2.45) is 0 Å². The predicted molar refractivity (Wildman–Crippen MR) is 45.2 cm³/mol. The molecule has 0 bridgehead atoms. The number of nitrogens with zero attached hydrogens (tertiary/aromatic N) is 1. The molecule has 0 saturated heterocycles. The molecule has 0 aliphatic rings. The molecule has 1 aromatic heterocycles. The Bertz CT molecular complexity index is 222. The van der Waals surface area contributed by atoms with Crippen LogP contribution in [0.25, 0.3) is 0 Å². The van der Waals surface area contributed by atoms with Crippen molar-refractivity contribution in [2.45, 2.75) is 26.2 Å². The Balaban J connectivity index is 2.96. The molecule has 56 valence electrons. The number of rotatable bonds is 0. The fraction of sp³-hybridized carbons (Fsp3) is 0.571. The molecule has 0 radical (unpaired) electrons. The van der Waals surface area contributed by atoms with E-state index in [-0.39, 0.29) is 5.41 Å². The van der Waals surface area contributed by atoms with Gasteiger partial charge in [0.15, 0.2) is 0 Å². The lowest BCUT2D eigenvalue weighted by Crippen LogP contribution is -2.10. The first-order valence-corrected chi connectivity index (χ1v) is 4.09. The normalized spacial score (nSPS) is 11.9. The van der Waals surface area contributed by atoms with Gasteiger partial charge in [-0.05, 0) is 0 Å². The second kappa shape index (κ2) is 2.23. The first-order chi connectivity index (χ1) is 4.50. The van der Waals surface area contributed by atoms with E-state index in [4.69, 9.17) is 5.73 Å². The van der Waals surface area contributed by atoms with Crippen LogP contribution in [0.5, 0.6) is 0 Å². The number of thiazole rings is 1. The molecule has 1 heterocycles. The van der Waals surface area contributed by atoms with Crippen LogP contribution in [-0.2, 0) is 5.41 Å². The quantitative estimate of drug-likeness (QED) is 0.624. The minimum Gasteiger partial charge on any atom is -0.383 e. The van der Waals surface area contributed by atoms with Crippen LogP contribution in [-0.4, -0.2) is 4.98 Å². The highest BCUT2D eigenvalue weighted by Gasteiger charge is 2.16. The average Bonchev–Trinajstić information content (AvgIpc) is 2.11. The molecule has 0 aliphatic heterocycles. The van der Waals surface area contributed by atoms with Crippen molar-refractivity contribution in [3.63, 3.8) is 0 Å². The van der Waals surface area contributed by atoms with Gasteiger partial charge in [0.05, 0.1) is 0 Å². The van der Waals surface area contributed by atoms with Crippen molar-refractivity contribution in [2.75, 3.05) is 5.73 Å². The summed E-state index contributed by atoms with van der Waals surface area (Å²) in [7, 11) is 0. The van der Waals surface area contributed by atoms with Gasteiger partial charge in [0, 0.05) is 10.8 Å². The smallest absolute Gasteiger partial charge is 0.134 e. The van der Waals surface area contributed by atoms with Crippen LogP contribution in [0.4, 0.5) is 5.82 Å². The molecule has 3 heteroatoms. The van der Waals surface area contributed by atoms with Crippen LogP contribution in [0.3, 0.4) is 0 Å². The van der Waals surface area contributed by atoms with Crippen LogP contribution in [0, 0.1) is 0 Å². The van der Waals surface area contributed by atoms with E-state index < -0.39 is 0 Å². The lowest BCUT2D eigenvalue weighted by Gasteiger charge is -2.13. The third-order valence-corrected chi connectivity index (χ3v) is 2.45. The van der Waals surface area contributed by atoms with Gasteiger partial charge >= 0.3 is 0 Å². The van der Waals surface area contributed by atoms with E-state index in [1.807, 2.05) is 5.38 Å². The lowest BCUT2D eigenvalue weighted by atomic mass is 9.98. The largest absolute Gasteiger partial charge is 0.383 e. The molecule has 0 spiro atoms. The molecule has 2 nitrogen and oxygen atoms in total. The average molecular weight is 156 g/mol. The SMILES string of the molecule is CC(C)(C)c1nc(N)cs1. The Morgan fingerprint density at radius 3 is 2.30 bits per heavy atom. The van der Waals surface area contributed by atoms with E-state index in [2.05, 4.69) is 25.8 Å². The van der Waals surface area contributed by atoms with E-state index >= 15 is 0 Å². The highest BCUT2D eigenvalue weighted by Crippen LogP contribution is 2.25. The molecule has 1 aromatic rings. The van der Waals surface area contributed by atoms with Crippen LogP contribution in [0.2, 0.25) is 0 Å². The van der Waals surface area contributed by atoms with Crippen molar-refractivity contribution < 1.29 is 0 Å². The maximum Gasteiger partial charge on any atom is 0.134 e. The first-order valence-electron chi connectivity index (χ1n) is 3.21. The van der Waals surface area contributed by atoms with Gasteiger partial charge in [-0.3, -0.25) is 0 Å². The van der Waals surface area contributed by atoms with Crippen LogP contribution in [0.15, 0.2) is 5.38 Å². The maximum atomic E-state index is 5.47. The van der Waals surface area contributed by atoms with Gasteiger partial charge in [0.25, 0.3) is 0 Å². The lowest BCUT2D eigenvalue weighted by molar-refractivity contribution is 0.586. The van der Waals surface area contributed by atoms with Gasteiger partial charge in [-0.25, -0.2) is 4.98 Å². The van der Waals surface area contributed by atoms with E-state index in [9.17, 15) is 0 Å². The summed E-state index contributed by atoms with van der Waals surface area (Å²) in [6.45, 7) is 6.39. The molecule has 2 N–H and O–H groups in total. The van der Waals surface area contributed by atoms with Crippen LogP contribution >= 0.6 is 11.3 Å². The minimum atomic E-state index is 0.141. The predicted octanol–water partition coefficient (Wildman–Crippen LogP) is 2.02. The third kappa shape index (κ3) is 1.48. The summed E-state index contributed by atoms with van der Waals surface area (Å²) in [6, 6.07) is 0. The molecule has 0 unspecified atom stereocenters. The molecular weight excluding hydrogens is 144 g/mol. The first kappa shape index (κ1) is 7.54. The standard InChI is InChI=1S/C7H12N2S/c1-7(2,3)6-9-5(8)4-10-6/h4H,8H2,1-3H3. The van der Waals surface area contributed by atoms with Gasteiger partial charge in [-0.1, -0.05) is 20.8 Å². The number of nitrogens with two attached hydrogens (primary N) is 1. The molecule has 0 fully saturated rings. The molecule has 0 aliphatic carbocycles. The number of nitrogen functional groups attached to an aromatic ring is 1. The number of hydrogen-bond acceptors (Lipinski definition) is 3. The van der Waals surface area contributed by atoms with Gasteiger partial charge < -0.3 is 5.73 Å². The van der Waals surface area contributed by atoms with Gasteiger partial charge in [-0.2, -0.15) is 0 Å². The summed E-state index contributed by atoms with van der Waals surface area (Å²) in [4.78, 5) is 4.18. The van der Waals surface area contributed by atoms with Gasteiger partial charge in [-0.15, -0.1) is 11.3 Å². The highest BCUT2D eigenvalue weighted by molar-refractivity contribution is 7.10. The summed E-state index contributed by atoms with van der Waals surface area (Å²) in [6.07, 6.45) is 0. The summed E-state index contributed by atoms with van der Waals surface area (Å²) in [5.74, 6) is 0.634. The van der Waals surface area contributed by atoms with Crippen molar-refractivity contribution in [1.29, 1.82) is 0 Å². The fourth-order valence-electron chi connectivity index (χ4n) is 0.631. The minimum absolute atomic E-state index is 0.141. The monoisotopic (exact) mass is 156 g/mol. The molecule has 0 atom stereocenters. The van der Waals surface area contributed by atoms with E-state index in [1.54, 1.807) is 11.3 Å². The molecule has 0 aromatic carbocycles. The van der Waals surface area contributed by atoms with E-state index in [0.717, 1.165) is 5.01 Å². The zero-order chi connectivity index (χ0) is 7.78. The molecule has 1 rings (SSSR count). The van der Waals surface area contributed by atoms with Crippen molar-refractivity contribution in [3.05, 3.63) is 10.4 Å². The summed E-state index contributed by atoms with van der Waals surface area (Å²) >= 11 is 1.62. The summed E-state index contributed by atoms with van der Waals surface area (Å²) in [5.41, 5.74) is 5.62. The Labute approximate surface area is 65.1 Å². The van der Waals surface area contributed by atoms with Gasteiger partial charge in [0.2, 0.25) is 0 Å². The topological polar surface area (TPSA) is 38.9 Å². The maximum absolute atomic E-state index is 5.47. The van der Waals surface area contributed by atoms with Gasteiger partial charge in [0.1, 0.15) is 10.8 Å². The summed E-state index contributed by atoms with van der Waals surface area (Å²) < 4.78 is 0. The Morgan fingerprint density at radius 2 is 2.10 bits per heavy atom. The van der Waals surface area contributed by atoms with Crippen LogP contribution in [0.1, 0.15) is 25.8 Å². The Hall–Kier alpha value is -0.570. The molecular formula is C7H12N2S. The van der Waals surface area contributed by atoms with Crippen LogP contribution < -0.4 is 5.73 Å². The number of aromatic nitrogens is 1. The zero-order valence-corrected chi connectivity index (χ0v) is 7.33. The fourth-order valence-corrected chi connectivity index (χ4v) is 1.43. The third-order valence-electron chi connectivity index (χ3n) is 1.16. The Kier molecular flexibility index (Phi) is 1.68. The molecule has 0 saturated carbocycles. The number of hydrogen-bond donors (Lipinski definition) is 1. The van der Waals surface area contributed by atoms with E-state index in [1.165, 1.54) is 0 Å². The second-order valence-corrected chi connectivity index (χ2v) is 4.19. The highest BCUT2D eigenvalue weighted by atomic mass is 32.1. The second-order valence-electron chi connectivity index (χ2n) is 3.33.